The van der Waals surface area contributed by atoms with Gasteiger partial charge in [0.25, 0.3) is 0 Å². The van der Waals surface area contributed by atoms with Gasteiger partial charge in [0.2, 0.25) is 0 Å². The minimum absolute atomic E-state index is 0.269. The smallest absolute Gasteiger partial charge is 0.0564 e. The third-order valence-corrected chi connectivity index (χ3v) is 8.36. The van der Waals surface area contributed by atoms with Gasteiger partial charge in [-0.05, 0) is 61.8 Å². The van der Waals surface area contributed by atoms with Gasteiger partial charge in [-0.2, -0.15) is 0 Å². The molecule has 2 fully saturated rings. The largest absolute Gasteiger partial charge is 0.381 e. The third-order valence-electron chi connectivity index (χ3n) is 6.89. The van der Waals surface area contributed by atoms with Crippen LogP contribution in [0.25, 0.3) is 0 Å². The fourth-order valence-electron chi connectivity index (χ4n) is 4.46. The van der Waals surface area contributed by atoms with Crippen LogP contribution in [-0.4, -0.2) is 52.9 Å². The Bertz CT molecular complexity index is 670. The Labute approximate surface area is 224 Å². The standard InChI is InChI=1S/C28H44Br2O4/c1-27(19-33-20-27)17-31-13-9-5-3-7-11-23-15-26(30)24(16-25(23)29)12-8-4-6-10-14-32-18-28(2)21-34-22-28/h15-16H,3-14,17-22H2,1-2H3. The highest BCUT2D eigenvalue weighted by molar-refractivity contribution is 9.11. The SMILES string of the molecule is CC1(COCCCCCCc2cc(Br)c(CCCCCCOCC3(C)COC3)cc2Br)COC1. The van der Waals surface area contributed by atoms with E-state index < -0.39 is 0 Å². The summed E-state index contributed by atoms with van der Waals surface area (Å²) in [6.07, 6.45) is 12.0. The zero-order valence-corrected chi connectivity index (χ0v) is 24.4. The molecule has 0 radical (unpaired) electrons. The lowest BCUT2D eigenvalue weighted by molar-refractivity contribution is -0.137. The maximum atomic E-state index is 5.83. The number of hydrogen-bond donors (Lipinski definition) is 0. The topological polar surface area (TPSA) is 36.9 Å². The molecule has 6 heteroatoms. The molecule has 0 atom stereocenters. The molecular weight excluding hydrogens is 560 g/mol. The van der Waals surface area contributed by atoms with Crippen LogP contribution < -0.4 is 0 Å². The van der Waals surface area contributed by atoms with E-state index in [1.807, 2.05) is 0 Å². The van der Waals surface area contributed by atoms with Crippen molar-refractivity contribution in [2.75, 3.05) is 52.9 Å². The predicted octanol–water partition coefficient (Wildman–Crippen LogP) is 7.52. The van der Waals surface area contributed by atoms with Gasteiger partial charge in [0.1, 0.15) is 0 Å². The lowest BCUT2D eigenvalue weighted by atomic mass is 9.90. The zero-order chi connectivity index (χ0) is 24.3. The summed E-state index contributed by atoms with van der Waals surface area (Å²) in [4.78, 5) is 0. The van der Waals surface area contributed by atoms with Crippen LogP contribution in [0.3, 0.4) is 0 Å². The van der Waals surface area contributed by atoms with Gasteiger partial charge in [0, 0.05) is 33.0 Å². The Kier molecular flexibility index (Phi) is 12.3. The number of unbranched alkanes of at least 4 members (excludes halogenated alkanes) is 6. The van der Waals surface area contributed by atoms with Crippen LogP contribution in [0.4, 0.5) is 0 Å². The monoisotopic (exact) mass is 602 g/mol. The first-order valence-corrected chi connectivity index (χ1v) is 14.8. The first-order valence-electron chi connectivity index (χ1n) is 13.2. The summed E-state index contributed by atoms with van der Waals surface area (Å²) >= 11 is 7.63. The highest BCUT2D eigenvalue weighted by Crippen LogP contribution is 2.30. The van der Waals surface area contributed by atoms with Crippen molar-refractivity contribution in [2.24, 2.45) is 10.8 Å². The third kappa shape index (κ3) is 9.82. The maximum Gasteiger partial charge on any atom is 0.0564 e. The molecule has 2 saturated heterocycles. The number of hydrogen-bond acceptors (Lipinski definition) is 4. The first-order chi connectivity index (χ1) is 16.4. The molecule has 0 bridgehead atoms. The van der Waals surface area contributed by atoms with Crippen molar-refractivity contribution in [1.82, 2.24) is 0 Å². The van der Waals surface area contributed by atoms with E-state index >= 15 is 0 Å². The van der Waals surface area contributed by atoms with Gasteiger partial charge in [-0.25, -0.2) is 0 Å². The molecular formula is C28H44Br2O4. The molecule has 0 aromatic heterocycles. The van der Waals surface area contributed by atoms with E-state index in [2.05, 4.69) is 57.8 Å². The van der Waals surface area contributed by atoms with Crippen LogP contribution in [-0.2, 0) is 31.8 Å². The molecule has 0 spiro atoms. The normalized spacial score (nSPS) is 18.5. The van der Waals surface area contributed by atoms with E-state index in [0.717, 1.165) is 78.5 Å². The molecule has 1 aromatic rings. The van der Waals surface area contributed by atoms with E-state index in [1.54, 1.807) is 0 Å². The Morgan fingerprint density at radius 2 is 1.03 bits per heavy atom. The van der Waals surface area contributed by atoms with E-state index in [1.165, 1.54) is 58.6 Å². The summed E-state index contributed by atoms with van der Waals surface area (Å²) in [5, 5.41) is 0. The van der Waals surface area contributed by atoms with Crippen molar-refractivity contribution < 1.29 is 18.9 Å². The van der Waals surface area contributed by atoms with Crippen molar-refractivity contribution in [1.29, 1.82) is 0 Å². The predicted molar refractivity (Wildman–Crippen MR) is 146 cm³/mol. The molecule has 0 N–H and O–H groups in total. The van der Waals surface area contributed by atoms with E-state index in [-0.39, 0.29) is 10.8 Å². The van der Waals surface area contributed by atoms with Gasteiger partial charge in [-0.3, -0.25) is 0 Å². The summed E-state index contributed by atoms with van der Waals surface area (Å²) < 4.78 is 24.7. The Morgan fingerprint density at radius 1 is 0.647 bits per heavy atom. The zero-order valence-electron chi connectivity index (χ0n) is 21.3. The maximum absolute atomic E-state index is 5.83. The average Bonchev–Trinajstić information content (AvgIpc) is 2.77. The molecule has 34 heavy (non-hydrogen) atoms. The molecule has 0 unspecified atom stereocenters. The molecule has 1 aromatic carbocycles. The number of benzene rings is 1. The molecule has 3 rings (SSSR count). The van der Waals surface area contributed by atoms with Crippen LogP contribution in [0.5, 0.6) is 0 Å². The molecule has 194 valence electrons. The van der Waals surface area contributed by atoms with Crippen molar-refractivity contribution in [3.05, 3.63) is 32.2 Å². The van der Waals surface area contributed by atoms with E-state index in [4.69, 9.17) is 18.9 Å². The first kappa shape index (κ1) is 28.6. The van der Waals surface area contributed by atoms with Crippen LogP contribution in [0.2, 0.25) is 0 Å². The number of ether oxygens (including phenoxy) is 4. The molecule has 0 aliphatic carbocycles. The second-order valence-corrected chi connectivity index (χ2v) is 12.8. The minimum Gasteiger partial charge on any atom is -0.381 e. The molecule has 0 amide bonds. The van der Waals surface area contributed by atoms with Gasteiger partial charge in [0.05, 0.1) is 39.6 Å². The molecule has 2 heterocycles. The van der Waals surface area contributed by atoms with Gasteiger partial charge in [-0.1, -0.05) is 71.4 Å². The number of halogens is 2. The lowest BCUT2D eigenvalue weighted by Gasteiger charge is -2.37. The molecule has 2 aliphatic heterocycles. The molecule has 0 saturated carbocycles. The Hall–Kier alpha value is 0.0200. The quantitative estimate of drug-likeness (QED) is 0.163. The van der Waals surface area contributed by atoms with E-state index in [0.29, 0.717) is 0 Å². The summed E-state index contributed by atoms with van der Waals surface area (Å²) in [5.74, 6) is 0. The minimum atomic E-state index is 0.269. The molecule has 4 nitrogen and oxygen atoms in total. The average molecular weight is 604 g/mol. The van der Waals surface area contributed by atoms with E-state index in [9.17, 15) is 0 Å². The highest BCUT2D eigenvalue weighted by atomic mass is 79.9. The van der Waals surface area contributed by atoms with Crippen LogP contribution >= 0.6 is 31.9 Å². The van der Waals surface area contributed by atoms with Crippen LogP contribution in [0.15, 0.2) is 21.1 Å². The van der Waals surface area contributed by atoms with Crippen molar-refractivity contribution >= 4 is 31.9 Å². The van der Waals surface area contributed by atoms with Crippen LogP contribution in [0, 0.1) is 10.8 Å². The molecule has 2 aliphatic rings. The number of rotatable bonds is 18. The van der Waals surface area contributed by atoms with Gasteiger partial charge in [0.15, 0.2) is 0 Å². The van der Waals surface area contributed by atoms with Gasteiger partial charge < -0.3 is 18.9 Å². The van der Waals surface area contributed by atoms with Crippen molar-refractivity contribution in [3.63, 3.8) is 0 Å². The van der Waals surface area contributed by atoms with Gasteiger partial charge in [-0.15, -0.1) is 0 Å². The van der Waals surface area contributed by atoms with Gasteiger partial charge >= 0.3 is 0 Å². The van der Waals surface area contributed by atoms with Crippen LogP contribution in [0.1, 0.15) is 76.3 Å². The van der Waals surface area contributed by atoms with Crippen molar-refractivity contribution in [2.45, 2.75) is 78.1 Å². The lowest BCUT2D eigenvalue weighted by Crippen LogP contribution is -2.43. The fourth-order valence-corrected chi connectivity index (χ4v) is 5.64. The second kappa shape index (κ2) is 14.7. The summed E-state index contributed by atoms with van der Waals surface area (Å²) in [6, 6.07) is 4.64. The highest BCUT2D eigenvalue weighted by Gasteiger charge is 2.34. The number of aryl methyl sites for hydroxylation is 2. The summed E-state index contributed by atoms with van der Waals surface area (Å²) in [6.45, 7) is 11.3. The second-order valence-electron chi connectivity index (χ2n) is 11.1. The summed E-state index contributed by atoms with van der Waals surface area (Å²) in [7, 11) is 0. The Morgan fingerprint density at radius 3 is 1.38 bits per heavy atom. The fraction of sp³-hybridized carbons (Fsp3) is 0.786. The van der Waals surface area contributed by atoms with Crippen molar-refractivity contribution in [3.8, 4) is 0 Å². The Balaban J connectivity index is 1.20. The summed E-state index contributed by atoms with van der Waals surface area (Å²) in [5.41, 5.74) is 3.36.